The lowest BCUT2D eigenvalue weighted by molar-refractivity contribution is 0.469. The summed E-state index contributed by atoms with van der Waals surface area (Å²) >= 11 is 0. The first-order chi connectivity index (χ1) is 7.27. The molecule has 2 rings (SSSR count). The molecule has 1 nitrogen and oxygen atoms in total. The highest BCUT2D eigenvalue weighted by molar-refractivity contribution is 5.88. The summed E-state index contributed by atoms with van der Waals surface area (Å²) in [6.45, 7) is 4.23. The summed E-state index contributed by atoms with van der Waals surface area (Å²) in [6.07, 6.45) is 1.86. The highest BCUT2D eigenvalue weighted by Gasteiger charge is 2.09. The molecule has 0 bridgehead atoms. The molecule has 1 heteroatoms. The molecule has 78 valence electrons. The van der Waals surface area contributed by atoms with E-state index in [4.69, 9.17) is 0 Å². The molecule has 15 heavy (non-hydrogen) atoms. The fourth-order valence-corrected chi connectivity index (χ4v) is 2.25. The number of hydrogen-bond donors (Lipinski definition) is 1. The number of aryl methyl sites for hydroxylation is 1. The highest BCUT2D eigenvalue weighted by atomic mass is 16.3. The van der Waals surface area contributed by atoms with E-state index >= 15 is 0 Å². The van der Waals surface area contributed by atoms with Crippen LogP contribution < -0.4 is 0 Å². The molecule has 0 unspecified atom stereocenters. The topological polar surface area (TPSA) is 20.2 Å². The van der Waals surface area contributed by atoms with Gasteiger partial charge < -0.3 is 5.11 Å². The van der Waals surface area contributed by atoms with Gasteiger partial charge in [0.1, 0.15) is 5.75 Å². The van der Waals surface area contributed by atoms with Crippen LogP contribution in [0.4, 0.5) is 0 Å². The lowest BCUT2D eigenvalue weighted by atomic mass is 9.95. The maximum Gasteiger partial charge on any atom is 0.119 e. The molecule has 0 aliphatic rings. The van der Waals surface area contributed by atoms with Gasteiger partial charge in [-0.1, -0.05) is 38.1 Å². The zero-order valence-electron chi connectivity index (χ0n) is 9.25. The van der Waals surface area contributed by atoms with Gasteiger partial charge in [-0.2, -0.15) is 0 Å². The van der Waals surface area contributed by atoms with E-state index in [0.29, 0.717) is 5.75 Å². The van der Waals surface area contributed by atoms with Gasteiger partial charge in [0.2, 0.25) is 0 Å². The van der Waals surface area contributed by atoms with Gasteiger partial charge in [0.25, 0.3) is 0 Å². The van der Waals surface area contributed by atoms with Gasteiger partial charge in [-0.25, -0.2) is 0 Å². The van der Waals surface area contributed by atoms with E-state index in [2.05, 4.69) is 26.0 Å². The number of phenols is 1. The van der Waals surface area contributed by atoms with E-state index in [1.165, 1.54) is 10.9 Å². The average molecular weight is 200 g/mol. The molecular weight excluding hydrogens is 184 g/mol. The van der Waals surface area contributed by atoms with Crippen LogP contribution >= 0.6 is 0 Å². The normalized spacial score (nSPS) is 10.8. The smallest absolute Gasteiger partial charge is 0.119 e. The molecule has 0 fully saturated rings. The van der Waals surface area contributed by atoms with E-state index in [9.17, 15) is 5.11 Å². The third-order valence-electron chi connectivity index (χ3n) is 2.96. The Morgan fingerprint density at radius 1 is 1.00 bits per heavy atom. The summed E-state index contributed by atoms with van der Waals surface area (Å²) in [5.41, 5.74) is 2.38. The van der Waals surface area contributed by atoms with Crippen LogP contribution in [0.5, 0.6) is 5.75 Å². The van der Waals surface area contributed by atoms with Crippen LogP contribution in [0.2, 0.25) is 0 Å². The van der Waals surface area contributed by atoms with Gasteiger partial charge in [-0.3, -0.25) is 0 Å². The van der Waals surface area contributed by atoms with Crippen molar-refractivity contribution in [2.24, 2.45) is 0 Å². The molecule has 2 aromatic carbocycles. The Labute approximate surface area is 90.4 Å². The Hall–Kier alpha value is -1.50. The molecule has 0 radical (unpaired) electrons. The van der Waals surface area contributed by atoms with Gasteiger partial charge in [0.05, 0.1) is 0 Å². The first-order valence-corrected chi connectivity index (χ1v) is 5.50. The highest BCUT2D eigenvalue weighted by Crippen LogP contribution is 2.30. The Balaban J connectivity index is 2.84. The molecule has 0 saturated carbocycles. The van der Waals surface area contributed by atoms with Crippen molar-refractivity contribution < 1.29 is 5.11 Å². The van der Waals surface area contributed by atoms with Gasteiger partial charge in [-0.05, 0) is 40.8 Å². The standard InChI is InChI=1S/C14H16O/c1-3-11-12(4-2)14(15)9-10-7-5-6-8-13(10)11/h5-9,15H,3-4H2,1-2H3. The fraction of sp³-hybridized carbons (Fsp3) is 0.286. The third-order valence-corrected chi connectivity index (χ3v) is 2.96. The number of hydrogen-bond acceptors (Lipinski definition) is 1. The van der Waals surface area contributed by atoms with E-state index in [-0.39, 0.29) is 0 Å². The molecule has 0 atom stereocenters. The molecular formula is C14H16O. The Morgan fingerprint density at radius 3 is 2.33 bits per heavy atom. The zero-order chi connectivity index (χ0) is 10.8. The maximum atomic E-state index is 9.92. The summed E-state index contributed by atoms with van der Waals surface area (Å²) in [7, 11) is 0. The van der Waals surface area contributed by atoms with Crippen LogP contribution in [0.25, 0.3) is 10.8 Å². The van der Waals surface area contributed by atoms with E-state index in [1.807, 2.05) is 18.2 Å². The van der Waals surface area contributed by atoms with E-state index in [1.54, 1.807) is 0 Å². The average Bonchev–Trinajstić information content (AvgIpc) is 2.27. The largest absolute Gasteiger partial charge is 0.508 e. The summed E-state index contributed by atoms with van der Waals surface area (Å²) in [4.78, 5) is 0. The number of fused-ring (bicyclic) bond motifs is 1. The minimum atomic E-state index is 0.438. The minimum absolute atomic E-state index is 0.438. The summed E-state index contributed by atoms with van der Waals surface area (Å²) < 4.78 is 0. The summed E-state index contributed by atoms with van der Waals surface area (Å²) in [5, 5.41) is 12.3. The van der Waals surface area contributed by atoms with Crippen molar-refractivity contribution in [2.45, 2.75) is 26.7 Å². The summed E-state index contributed by atoms with van der Waals surface area (Å²) in [6, 6.07) is 10.1. The predicted octanol–water partition coefficient (Wildman–Crippen LogP) is 3.67. The second-order valence-electron chi connectivity index (χ2n) is 3.78. The Kier molecular flexibility index (Phi) is 2.63. The molecule has 1 N–H and O–H groups in total. The van der Waals surface area contributed by atoms with Crippen molar-refractivity contribution in [1.29, 1.82) is 0 Å². The monoisotopic (exact) mass is 200 g/mol. The second kappa shape index (κ2) is 3.93. The predicted molar refractivity (Wildman–Crippen MR) is 64.4 cm³/mol. The van der Waals surface area contributed by atoms with E-state index < -0.39 is 0 Å². The lowest BCUT2D eigenvalue weighted by Gasteiger charge is -2.12. The van der Waals surface area contributed by atoms with E-state index in [0.717, 1.165) is 23.8 Å². The number of rotatable bonds is 2. The molecule has 0 heterocycles. The van der Waals surface area contributed by atoms with Crippen LogP contribution in [-0.4, -0.2) is 5.11 Å². The second-order valence-corrected chi connectivity index (χ2v) is 3.78. The minimum Gasteiger partial charge on any atom is -0.508 e. The van der Waals surface area contributed by atoms with Crippen molar-refractivity contribution in [1.82, 2.24) is 0 Å². The van der Waals surface area contributed by atoms with Crippen LogP contribution in [0.3, 0.4) is 0 Å². The van der Waals surface area contributed by atoms with Gasteiger partial charge in [0.15, 0.2) is 0 Å². The van der Waals surface area contributed by atoms with Crippen molar-refractivity contribution >= 4 is 10.8 Å². The Morgan fingerprint density at radius 2 is 1.67 bits per heavy atom. The van der Waals surface area contributed by atoms with Crippen molar-refractivity contribution in [2.75, 3.05) is 0 Å². The zero-order valence-corrected chi connectivity index (χ0v) is 9.25. The number of benzene rings is 2. The van der Waals surface area contributed by atoms with Crippen molar-refractivity contribution in [3.8, 4) is 5.75 Å². The van der Waals surface area contributed by atoms with Crippen LogP contribution in [0.15, 0.2) is 30.3 Å². The first-order valence-electron chi connectivity index (χ1n) is 5.50. The number of phenolic OH excluding ortho intramolecular Hbond substituents is 1. The molecule has 2 aromatic rings. The van der Waals surface area contributed by atoms with Crippen molar-refractivity contribution in [3.63, 3.8) is 0 Å². The lowest BCUT2D eigenvalue weighted by Crippen LogP contribution is -1.93. The molecule has 0 spiro atoms. The summed E-state index contributed by atoms with van der Waals surface area (Å²) in [5.74, 6) is 0.438. The quantitative estimate of drug-likeness (QED) is 0.784. The fourth-order valence-electron chi connectivity index (χ4n) is 2.25. The van der Waals surface area contributed by atoms with Gasteiger partial charge in [0, 0.05) is 0 Å². The van der Waals surface area contributed by atoms with Crippen LogP contribution in [0, 0.1) is 0 Å². The third kappa shape index (κ3) is 1.58. The number of aromatic hydroxyl groups is 1. The van der Waals surface area contributed by atoms with Crippen LogP contribution in [0.1, 0.15) is 25.0 Å². The molecule has 0 aromatic heterocycles. The van der Waals surface area contributed by atoms with Crippen molar-refractivity contribution in [3.05, 3.63) is 41.5 Å². The molecule has 0 amide bonds. The molecule has 0 aliphatic carbocycles. The molecule has 0 aliphatic heterocycles. The first kappa shape index (κ1) is 10.0. The maximum absolute atomic E-state index is 9.92. The molecule has 0 saturated heterocycles. The Bertz CT molecular complexity index is 486. The SMILES string of the molecule is CCc1c(O)cc2ccccc2c1CC. The van der Waals surface area contributed by atoms with Gasteiger partial charge >= 0.3 is 0 Å². The van der Waals surface area contributed by atoms with Gasteiger partial charge in [-0.15, -0.1) is 0 Å². The van der Waals surface area contributed by atoms with Crippen LogP contribution in [-0.2, 0) is 12.8 Å².